The van der Waals surface area contributed by atoms with E-state index in [1.807, 2.05) is 43.3 Å². The van der Waals surface area contributed by atoms with Crippen molar-refractivity contribution >= 4 is 56.1 Å². The molecule has 1 aliphatic rings. The number of halogens is 2. The van der Waals surface area contributed by atoms with E-state index in [4.69, 9.17) is 21.6 Å². The summed E-state index contributed by atoms with van der Waals surface area (Å²) in [5.41, 5.74) is 1.45. The van der Waals surface area contributed by atoms with Crippen LogP contribution in [0.25, 0.3) is 10.9 Å². The molecule has 0 bridgehead atoms. The maximum absolute atomic E-state index is 12.5. The zero-order chi connectivity index (χ0) is 22.7. The van der Waals surface area contributed by atoms with E-state index in [1.165, 1.54) is 0 Å². The van der Waals surface area contributed by atoms with Gasteiger partial charge in [-0.25, -0.2) is 4.98 Å². The monoisotopic (exact) mass is 515 g/mol. The van der Waals surface area contributed by atoms with Crippen molar-refractivity contribution in [3.8, 4) is 0 Å². The Morgan fingerprint density at radius 3 is 2.59 bits per heavy atom. The third-order valence-electron chi connectivity index (χ3n) is 5.91. The van der Waals surface area contributed by atoms with Gasteiger partial charge < -0.3 is 15.5 Å². The van der Waals surface area contributed by atoms with Gasteiger partial charge in [-0.05, 0) is 61.9 Å². The molecule has 4 rings (SSSR count). The van der Waals surface area contributed by atoms with Gasteiger partial charge in [0, 0.05) is 36.5 Å². The van der Waals surface area contributed by atoms with E-state index in [2.05, 4.69) is 32.6 Å². The lowest BCUT2D eigenvalue weighted by molar-refractivity contribution is 0.0943. The van der Waals surface area contributed by atoms with Crippen LogP contribution in [0.2, 0.25) is 5.02 Å². The third-order valence-corrected chi connectivity index (χ3v) is 6.72. The number of amides is 1. The number of para-hydroxylation sites is 1. The molecule has 1 aromatic heterocycles. The highest BCUT2D eigenvalue weighted by Gasteiger charge is 2.23. The van der Waals surface area contributed by atoms with Crippen molar-refractivity contribution in [1.29, 1.82) is 0 Å². The van der Waals surface area contributed by atoms with Crippen molar-refractivity contribution < 1.29 is 4.79 Å². The predicted octanol–water partition coefficient (Wildman–Crippen LogP) is 5.51. The van der Waals surface area contributed by atoms with Gasteiger partial charge in [-0.2, -0.15) is 4.98 Å². The lowest BCUT2D eigenvalue weighted by atomic mass is 9.86. The molecular formula is C24H27BrClN5O. The van der Waals surface area contributed by atoms with E-state index < -0.39 is 0 Å². The normalized spacial score (nSPS) is 18.4. The number of benzene rings is 2. The molecule has 1 aliphatic carbocycles. The Kier molecular flexibility index (Phi) is 7.16. The maximum Gasteiger partial charge on any atom is 0.252 e. The molecule has 0 atom stereocenters. The van der Waals surface area contributed by atoms with Crippen LogP contribution in [0.1, 0.15) is 36.0 Å². The van der Waals surface area contributed by atoms with Crippen molar-refractivity contribution in [2.75, 3.05) is 30.9 Å². The van der Waals surface area contributed by atoms with Gasteiger partial charge in [-0.3, -0.25) is 4.79 Å². The zero-order valence-corrected chi connectivity index (χ0v) is 20.6. The van der Waals surface area contributed by atoms with E-state index in [0.29, 0.717) is 35.0 Å². The van der Waals surface area contributed by atoms with E-state index in [0.717, 1.165) is 46.9 Å². The number of hydrogen-bond acceptors (Lipinski definition) is 5. The molecule has 0 unspecified atom stereocenters. The Morgan fingerprint density at radius 2 is 1.88 bits per heavy atom. The van der Waals surface area contributed by atoms with Crippen LogP contribution in [0.5, 0.6) is 0 Å². The summed E-state index contributed by atoms with van der Waals surface area (Å²) >= 11 is 9.56. The minimum Gasteiger partial charge on any atom is -0.362 e. The molecule has 0 radical (unpaired) electrons. The van der Waals surface area contributed by atoms with Crippen molar-refractivity contribution in [2.45, 2.75) is 31.7 Å². The summed E-state index contributed by atoms with van der Waals surface area (Å²) in [6.07, 6.45) is 4.13. The number of anilines is 2. The van der Waals surface area contributed by atoms with E-state index in [9.17, 15) is 4.79 Å². The SMILES string of the molecule is CN(C)c1nc(NC2CCC(CNC(=O)c3ccc(Br)cc3Cl)CC2)nc2ccccc12. The van der Waals surface area contributed by atoms with Crippen LogP contribution in [-0.2, 0) is 0 Å². The number of carbonyl (C=O) groups is 1. The minimum atomic E-state index is -0.122. The van der Waals surface area contributed by atoms with E-state index >= 15 is 0 Å². The van der Waals surface area contributed by atoms with Gasteiger partial charge in [0.05, 0.1) is 16.1 Å². The van der Waals surface area contributed by atoms with Crippen molar-refractivity contribution in [1.82, 2.24) is 15.3 Å². The quantitative estimate of drug-likeness (QED) is 0.452. The summed E-state index contributed by atoms with van der Waals surface area (Å²) in [5, 5.41) is 8.08. The molecule has 1 fully saturated rings. The lowest BCUT2D eigenvalue weighted by Crippen LogP contribution is -2.34. The Bertz CT molecular complexity index is 1110. The summed E-state index contributed by atoms with van der Waals surface area (Å²) in [6.45, 7) is 0.662. The summed E-state index contributed by atoms with van der Waals surface area (Å²) in [7, 11) is 4.00. The molecule has 1 saturated carbocycles. The van der Waals surface area contributed by atoms with Crippen LogP contribution in [0.4, 0.5) is 11.8 Å². The summed E-state index contributed by atoms with van der Waals surface area (Å²) in [5.74, 6) is 1.93. The average Bonchev–Trinajstić information content (AvgIpc) is 2.78. The Morgan fingerprint density at radius 1 is 1.12 bits per heavy atom. The molecule has 168 valence electrons. The molecule has 32 heavy (non-hydrogen) atoms. The zero-order valence-electron chi connectivity index (χ0n) is 18.2. The number of aromatic nitrogens is 2. The summed E-state index contributed by atoms with van der Waals surface area (Å²) in [6, 6.07) is 13.7. The summed E-state index contributed by atoms with van der Waals surface area (Å²) in [4.78, 5) is 24.0. The second-order valence-corrected chi connectivity index (χ2v) is 9.80. The Labute approximate surface area is 201 Å². The van der Waals surface area contributed by atoms with Gasteiger partial charge >= 0.3 is 0 Å². The largest absolute Gasteiger partial charge is 0.362 e. The maximum atomic E-state index is 12.5. The van der Waals surface area contributed by atoms with Crippen LogP contribution in [0.15, 0.2) is 46.9 Å². The fraction of sp³-hybridized carbons (Fsp3) is 0.375. The smallest absolute Gasteiger partial charge is 0.252 e. The van der Waals surface area contributed by atoms with Gasteiger partial charge in [0.25, 0.3) is 5.91 Å². The lowest BCUT2D eigenvalue weighted by Gasteiger charge is -2.29. The molecule has 1 amide bonds. The first-order chi connectivity index (χ1) is 15.4. The van der Waals surface area contributed by atoms with Crippen LogP contribution in [0.3, 0.4) is 0 Å². The van der Waals surface area contributed by atoms with Gasteiger partial charge in [0.2, 0.25) is 5.95 Å². The first kappa shape index (κ1) is 22.8. The number of fused-ring (bicyclic) bond motifs is 1. The molecule has 0 saturated heterocycles. The van der Waals surface area contributed by atoms with Gasteiger partial charge in [0.15, 0.2) is 0 Å². The van der Waals surface area contributed by atoms with Crippen molar-refractivity contribution in [3.05, 3.63) is 57.5 Å². The molecule has 2 N–H and O–H groups in total. The van der Waals surface area contributed by atoms with Crippen LogP contribution in [-0.4, -0.2) is 42.6 Å². The van der Waals surface area contributed by atoms with Gasteiger partial charge in [-0.1, -0.05) is 39.7 Å². The molecular weight excluding hydrogens is 490 g/mol. The number of hydrogen-bond donors (Lipinski definition) is 2. The summed E-state index contributed by atoms with van der Waals surface area (Å²) < 4.78 is 0.859. The average molecular weight is 517 g/mol. The first-order valence-corrected chi connectivity index (χ1v) is 12.0. The number of carbonyl (C=O) groups excluding carboxylic acids is 1. The Hall–Kier alpha value is -2.38. The first-order valence-electron chi connectivity index (χ1n) is 10.8. The van der Waals surface area contributed by atoms with Crippen LogP contribution >= 0.6 is 27.5 Å². The van der Waals surface area contributed by atoms with E-state index in [1.54, 1.807) is 12.1 Å². The molecule has 0 spiro atoms. The standard InChI is InChI=1S/C24H27BrClN5O/c1-31(2)22-19-5-3-4-6-21(19)29-24(30-22)28-17-10-7-15(8-11-17)14-27-23(32)18-12-9-16(25)13-20(18)26/h3-6,9,12-13,15,17H,7-8,10-11,14H2,1-2H3,(H,27,32)(H,28,29,30). The molecule has 0 aliphatic heterocycles. The second-order valence-electron chi connectivity index (χ2n) is 8.48. The third kappa shape index (κ3) is 5.33. The fourth-order valence-electron chi connectivity index (χ4n) is 4.16. The molecule has 6 nitrogen and oxygen atoms in total. The van der Waals surface area contributed by atoms with E-state index in [-0.39, 0.29) is 5.91 Å². The molecule has 2 aromatic carbocycles. The van der Waals surface area contributed by atoms with Gasteiger partial charge in [-0.15, -0.1) is 0 Å². The molecule has 8 heteroatoms. The second kappa shape index (κ2) is 10.0. The highest BCUT2D eigenvalue weighted by atomic mass is 79.9. The van der Waals surface area contributed by atoms with Crippen molar-refractivity contribution in [3.63, 3.8) is 0 Å². The number of rotatable bonds is 6. The number of nitrogens with zero attached hydrogens (tertiary/aromatic N) is 3. The topological polar surface area (TPSA) is 70.2 Å². The number of nitrogens with one attached hydrogen (secondary N) is 2. The van der Waals surface area contributed by atoms with Gasteiger partial charge in [0.1, 0.15) is 5.82 Å². The molecule has 3 aromatic rings. The highest BCUT2D eigenvalue weighted by molar-refractivity contribution is 9.10. The molecule has 1 heterocycles. The van der Waals surface area contributed by atoms with Crippen LogP contribution in [0, 0.1) is 5.92 Å². The fourth-order valence-corrected chi connectivity index (χ4v) is 4.92. The van der Waals surface area contributed by atoms with Crippen LogP contribution < -0.4 is 15.5 Å². The minimum absolute atomic E-state index is 0.122. The van der Waals surface area contributed by atoms with Crippen molar-refractivity contribution in [2.24, 2.45) is 5.92 Å². The predicted molar refractivity (Wildman–Crippen MR) is 135 cm³/mol. The Balaban J connectivity index is 1.32. The highest BCUT2D eigenvalue weighted by Crippen LogP contribution is 2.28.